The van der Waals surface area contributed by atoms with E-state index in [1.165, 1.54) is 190 Å². The average Bonchev–Trinajstić information content (AvgIpc) is 4.27. The molecule has 11 aromatic rings. The summed E-state index contributed by atoms with van der Waals surface area (Å²) < 4.78 is 5.58. The lowest BCUT2D eigenvalue weighted by atomic mass is 9.33. The minimum absolute atomic E-state index is 0.0376. The quantitative estimate of drug-likeness (QED) is 0.156. The van der Waals surface area contributed by atoms with Gasteiger partial charge in [-0.3, -0.25) is 0 Å². The van der Waals surface area contributed by atoms with Crippen molar-refractivity contribution in [2.45, 2.75) is 82.5 Å². The number of rotatable bonds is 4. The van der Waals surface area contributed by atoms with Gasteiger partial charge in [0.15, 0.2) is 0 Å². The lowest BCUT2D eigenvalue weighted by molar-refractivity contribution is 0.709. The third kappa shape index (κ3) is 4.60. The summed E-state index contributed by atoms with van der Waals surface area (Å²) in [6, 6.07) is 65.3. The van der Waals surface area contributed by atoms with E-state index in [0.29, 0.717) is 11.8 Å². The highest BCUT2D eigenvalue weighted by molar-refractivity contribution is 7.00. The number of nitrogens with zero attached hydrogens (tertiary/aromatic N) is 2. The molecule has 2 nitrogen and oxygen atoms in total. The van der Waals surface area contributed by atoms with Gasteiger partial charge in [0.2, 0.25) is 0 Å². The van der Waals surface area contributed by atoms with Gasteiger partial charge in [0.25, 0.3) is 6.71 Å². The SMILES string of the molecule is Cc1ccc2c(c1)C1(c3cc(C)ccc3-2)c2ccc3c4c2-n2c5c(cc(C6CCCC6)cc5c5cc(C6CCCC6)cc1c52)B4c1cc2ccccc2c2c(-c4ccccc4)c(-c4ccccc4)n-3c12. The van der Waals surface area contributed by atoms with Crippen LogP contribution in [0.3, 0.4) is 0 Å². The van der Waals surface area contributed by atoms with Crippen molar-refractivity contribution < 1.29 is 0 Å². The molecule has 9 aromatic carbocycles. The molecule has 70 heavy (non-hydrogen) atoms. The van der Waals surface area contributed by atoms with E-state index in [1.54, 1.807) is 11.1 Å². The van der Waals surface area contributed by atoms with Crippen molar-refractivity contribution in [2.75, 3.05) is 0 Å². The molecule has 2 saturated carbocycles. The fraction of sp³-hybridized carbons (Fsp3) is 0.194. The van der Waals surface area contributed by atoms with Crippen LogP contribution in [-0.2, 0) is 5.41 Å². The van der Waals surface area contributed by atoms with Gasteiger partial charge in [-0.15, -0.1) is 0 Å². The van der Waals surface area contributed by atoms with Crippen LogP contribution in [0.25, 0.3) is 88.4 Å². The van der Waals surface area contributed by atoms with Crippen LogP contribution in [0.2, 0.25) is 0 Å². The highest BCUT2D eigenvalue weighted by Crippen LogP contribution is 2.63. The van der Waals surface area contributed by atoms with Crippen molar-refractivity contribution in [3.05, 3.63) is 208 Å². The van der Waals surface area contributed by atoms with Crippen LogP contribution in [0.1, 0.15) is 108 Å². The third-order valence-corrected chi connectivity index (χ3v) is 18.6. The maximum Gasteiger partial charge on any atom is 0.252 e. The maximum absolute atomic E-state index is 2.85. The monoisotopic (exact) mass is 894 g/mol. The van der Waals surface area contributed by atoms with Crippen LogP contribution < -0.4 is 16.4 Å². The first-order chi connectivity index (χ1) is 34.6. The normalized spacial score (nSPS) is 16.8. The van der Waals surface area contributed by atoms with Crippen LogP contribution in [-0.4, -0.2) is 15.8 Å². The van der Waals surface area contributed by atoms with Crippen molar-refractivity contribution in [1.29, 1.82) is 0 Å². The Hall–Kier alpha value is -7.36. The Morgan fingerprint density at radius 1 is 0.471 bits per heavy atom. The standard InChI is InChI=1S/C67H51BN2/c1-38-25-27-48-49-28-26-39(2)32-54(49)67(53(48)31-38)52-29-30-58-61-65(52)70-63-50(33-45(35-55(63)67)40-15-9-10-16-40)51-34-46(41-17-11-12-18-41)37-56(64(51)70)68(61)57-36-44-23-13-14-24-47(44)60-59(42-19-5-3-6-20-42)62(69(58)66(57)60)43-21-7-4-8-22-43/h3-8,13-14,19-37,40-41H,9-12,15-18H2,1-2H3. The Bertz CT molecular complexity index is 4100. The Balaban J connectivity index is 1.13. The van der Waals surface area contributed by atoms with Gasteiger partial charge in [-0.2, -0.15) is 0 Å². The predicted octanol–water partition coefficient (Wildman–Crippen LogP) is 15.0. The van der Waals surface area contributed by atoms with Crippen molar-refractivity contribution in [1.82, 2.24) is 9.13 Å². The number of hydrogen-bond donors (Lipinski definition) is 0. The lowest BCUT2D eigenvalue weighted by Gasteiger charge is -2.44. The van der Waals surface area contributed by atoms with Gasteiger partial charge in [-0.05, 0) is 152 Å². The molecule has 17 rings (SSSR count). The molecule has 2 fully saturated rings. The van der Waals surface area contributed by atoms with Crippen LogP contribution >= 0.6 is 0 Å². The number of aromatic nitrogens is 2. The Labute approximate surface area is 409 Å². The molecule has 3 heteroatoms. The van der Waals surface area contributed by atoms with Gasteiger partial charge >= 0.3 is 0 Å². The van der Waals surface area contributed by atoms with Crippen LogP contribution in [0.15, 0.2) is 164 Å². The second kappa shape index (κ2) is 13.5. The van der Waals surface area contributed by atoms with E-state index < -0.39 is 5.41 Å². The second-order valence-corrected chi connectivity index (χ2v) is 22.1. The Kier molecular flexibility index (Phi) is 7.42. The van der Waals surface area contributed by atoms with Gasteiger partial charge in [0, 0.05) is 38.6 Å². The van der Waals surface area contributed by atoms with E-state index in [4.69, 9.17) is 0 Å². The molecule has 6 aliphatic rings. The number of aryl methyl sites for hydroxylation is 2. The summed E-state index contributed by atoms with van der Waals surface area (Å²) in [5.41, 5.74) is 30.3. The van der Waals surface area contributed by atoms with E-state index >= 15 is 0 Å². The first-order valence-electron chi connectivity index (χ1n) is 26.3. The van der Waals surface area contributed by atoms with Gasteiger partial charge < -0.3 is 9.13 Å². The molecule has 1 spiro atoms. The van der Waals surface area contributed by atoms with Crippen LogP contribution in [0, 0.1) is 13.8 Å². The van der Waals surface area contributed by atoms with Gasteiger partial charge in [-0.1, -0.05) is 182 Å². The average molecular weight is 895 g/mol. The maximum atomic E-state index is 2.85. The number of hydrogen-bond acceptors (Lipinski definition) is 0. The van der Waals surface area contributed by atoms with Crippen molar-refractivity contribution in [2.24, 2.45) is 0 Å². The molecule has 3 aliphatic heterocycles. The first-order valence-corrected chi connectivity index (χ1v) is 26.3. The van der Waals surface area contributed by atoms with Gasteiger partial charge in [0.1, 0.15) is 0 Å². The molecule has 0 N–H and O–H groups in total. The smallest absolute Gasteiger partial charge is 0.252 e. The summed E-state index contributed by atoms with van der Waals surface area (Å²) in [5.74, 6) is 1.16. The zero-order chi connectivity index (χ0) is 45.7. The molecule has 3 aliphatic carbocycles. The fourth-order valence-corrected chi connectivity index (χ4v) is 15.9. The highest BCUT2D eigenvalue weighted by atomic mass is 15.1. The molecule has 5 heterocycles. The lowest BCUT2D eigenvalue weighted by Crippen LogP contribution is -2.60. The van der Waals surface area contributed by atoms with Gasteiger partial charge in [-0.25, -0.2) is 0 Å². The van der Waals surface area contributed by atoms with E-state index in [0.717, 1.165) is 0 Å². The Morgan fingerprint density at radius 2 is 1.07 bits per heavy atom. The summed E-state index contributed by atoms with van der Waals surface area (Å²) in [7, 11) is 0. The number of fused-ring (bicyclic) bond motifs is 13. The predicted molar refractivity (Wildman–Crippen MR) is 293 cm³/mol. The molecule has 0 amide bonds. The largest absolute Gasteiger partial charge is 0.310 e. The third-order valence-electron chi connectivity index (χ3n) is 18.6. The molecular formula is C67H51BN2. The summed E-state index contributed by atoms with van der Waals surface area (Å²) in [5, 5.41) is 6.92. The van der Waals surface area contributed by atoms with Crippen molar-refractivity contribution in [3.63, 3.8) is 0 Å². The van der Waals surface area contributed by atoms with E-state index in [-0.39, 0.29) is 6.71 Å². The molecule has 2 aromatic heterocycles. The van der Waals surface area contributed by atoms with E-state index in [9.17, 15) is 0 Å². The van der Waals surface area contributed by atoms with Crippen LogP contribution in [0.5, 0.6) is 0 Å². The number of benzene rings is 9. The topological polar surface area (TPSA) is 9.86 Å². The highest BCUT2D eigenvalue weighted by Gasteiger charge is 2.55. The summed E-state index contributed by atoms with van der Waals surface area (Å²) in [6.45, 7) is 4.66. The molecule has 0 unspecified atom stereocenters. The second-order valence-electron chi connectivity index (χ2n) is 22.1. The summed E-state index contributed by atoms with van der Waals surface area (Å²) in [4.78, 5) is 0. The molecule has 0 bridgehead atoms. The molecular weight excluding hydrogens is 844 g/mol. The molecule has 0 radical (unpaired) electrons. The van der Waals surface area contributed by atoms with Crippen molar-refractivity contribution in [3.8, 4) is 44.9 Å². The summed E-state index contributed by atoms with van der Waals surface area (Å²) in [6.07, 6.45) is 10.4. The van der Waals surface area contributed by atoms with Crippen molar-refractivity contribution >= 4 is 66.6 Å². The molecule has 0 saturated heterocycles. The molecule has 332 valence electrons. The van der Waals surface area contributed by atoms with E-state index in [2.05, 4.69) is 187 Å². The minimum Gasteiger partial charge on any atom is -0.310 e. The van der Waals surface area contributed by atoms with Crippen LogP contribution in [0.4, 0.5) is 0 Å². The Morgan fingerprint density at radius 3 is 1.76 bits per heavy atom. The van der Waals surface area contributed by atoms with Gasteiger partial charge in [0.05, 0.1) is 22.1 Å². The summed E-state index contributed by atoms with van der Waals surface area (Å²) >= 11 is 0. The van der Waals surface area contributed by atoms with E-state index in [1.807, 2.05) is 0 Å². The zero-order valence-electron chi connectivity index (χ0n) is 39.9. The molecule has 0 atom stereocenters. The first kappa shape index (κ1) is 38.5. The minimum atomic E-state index is -0.506. The fourth-order valence-electron chi connectivity index (χ4n) is 15.9. The zero-order valence-corrected chi connectivity index (χ0v) is 39.9.